The van der Waals surface area contributed by atoms with Gasteiger partial charge in [-0.15, -0.1) is 0 Å². The summed E-state index contributed by atoms with van der Waals surface area (Å²) in [6.07, 6.45) is 3.08. The zero-order valence-corrected chi connectivity index (χ0v) is 8.42. The van der Waals surface area contributed by atoms with Crippen LogP contribution >= 0.6 is 0 Å². The molecule has 0 aliphatic rings. The van der Waals surface area contributed by atoms with Gasteiger partial charge in [-0.25, -0.2) is 4.79 Å². The molecule has 1 rings (SSSR count). The van der Waals surface area contributed by atoms with Gasteiger partial charge in [0.05, 0.1) is 18.5 Å². The smallest absolute Gasteiger partial charge is 0.347 e. The van der Waals surface area contributed by atoms with E-state index < -0.39 is 5.97 Å². The molecule has 5 heteroatoms. The Hall–Kier alpha value is -1.91. The van der Waals surface area contributed by atoms with E-state index in [4.69, 9.17) is 4.84 Å². The maximum absolute atomic E-state index is 10.8. The Bertz CT molecular complexity index is 325. The molecule has 0 aliphatic carbocycles. The van der Waals surface area contributed by atoms with Gasteiger partial charge >= 0.3 is 5.97 Å². The minimum Gasteiger partial charge on any atom is -0.463 e. The highest BCUT2D eigenvalue weighted by Gasteiger charge is 1.99. The molecule has 0 unspecified atom stereocenters. The summed E-state index contributed by atoms with van der Waals surface area (Å²) >= 11 is 0. The molecule has 0 N–H and O–H groups in total. The van der Waals surface area contributed by atoms with Crippen molar-refractivity contribution < 1.29 is 14.4 Å². The molecule has 0 saturated carbocycles. The van der Waals surface area contributed by atoms with E-state index in [9.17, 15) is 4.79 Å². The van der Waals surface area contributed by atoms with Crippen LogP contribution in [-0.4, -0.2) is 30.4 Å². The molecule has 15 heavy (non-hydrogen) atoms. The van der Waals surface area contributed by atoms with E-state index in [1.807, 2.05) is 6.07 Å². The first-order valence-corrected chi connectivity index (χ1v) is 4.55. The van der Waals surface area contributed by atoms with Crippen LogP contribution in [0.2, 0.25) is 0 Å². The second-order valence-electron chi connectivity index (χ2n) is 2.57. The highest BCUT2D eigenvalue weighted by Crippen LogP contribution is 1.89. The zero-order chi connectivity index (χ0) is 10.9. The van der Waals surface area contributed by atoms with Crippen LogP contribution in [0.25, 0.3) is 0 Å². The van der Waals surface area contributed by atoms with Crippen LogP contribution in [0.15, 0.2) is 29.6 Å². The van der Waals surface area contributed by atoms with Gasteiger partial charge in [-0.1, -0.05) is 11.2 Å². The molecular weight excluding hydrogens is 196 g/mol. The molecule has 80 valence electrons. The number of aromatic nitrogens is 1. The van der Waals surface area contributed by atoms with Crippen LogP contribution in [0.3, 0.4) is 0 Å². The largest absolute Gasteiger partial charge is 0.463 e. The van der Waals surface area contributed by atoms with Crippen LogP contribution in [0, 0.1) is 0 Å². The fraction of sp³-hybridized carbons (Fsp3) is 0.300. The molecule has 0 radical (unpaired) electrons. The summed E-state index contributed by atoms with van der Waals surface area (Å²) < 4.78 is 4.64. The van der Waals surface area contributed by atoms with Gasteiger partial charge in [-0.2, -0.15) is 0 Å². The molecule has 0 bridgehead atoms. The van der Waals surface area contributed by atoms with Gasteiger partial charge in [-0.05, 0) is 19.1 Å². The number of carbonyl (C=O) groups excluding carboxylic acids is 1. The Labute approximate surface area is 87.7 Å². The predicted octanol–water partition coefficient (Wildman–Crippen LogP) is 0.995. The molecular formula is C10H12N2O3. The molecule has 0 aromatic carbocycles. The summed E-state index contributed by atoms with van der Waals surface area (Å²) in [6.45, 7) is 1.89. The summed E-state index contributed by atoms with van der Waals surface area (Å²) in [5, 5.41) is 3.58. The lowest BCUT2D eigenvalue weighted by Crippen LogP contribution is -2.10. The standard InChI is InChI=1S/C10H12N2O3/c1-2-14-10(13)8-15-12-7-9-5-3-4-6-11-9/h3-7H,2,8H2,1H3/b12-7+. The van der Waals surface area contributed by atoms with Crippen molar-refractivity contribution >= 4 is 12.2 Å². The fourth-order valence-corrected chi connectivity index (χ4v) is 0.836. The van der Waals surface area contributed by atoms with Gasteiger partial charge in [0.15, 0.2) is 0 Å². The van der Waals surface area contributed by atoms with E-state index >= 15 is 0 Å². The quantitative estimate of drug-likeness (QED) is 0.411. The summed E-state index contributed by atoms with van der Waals surface area (Å²) in [6, 6.07) is 5.41. The normalized spacial score (nSPS) is 10.2. The molecule has 0 spiro atoms. The lowest BCUT2D eigenvalue weighted by Gasteiger charge is -1.98. The average molecular weight is 208 g/mol. The van der Waals surface area contributed by atoms with Crippen molar-refractivity contribution in [3.8, 4) is 0 Å². The fourth-order valence-electron chi connectivity index (χ4n) is 0.836. The SMILES string of the molecule is CCOC(=O)CO/N=C/c1ccccn1. The van der Waals surface area contributed by atoms with E-state index in [2.05, 4.69) is 14.9 Å². The van der Waals surface area contributed by atoms with Gasteiger partial charge in [0.2, 0.25) is 6.61 Å². The number of oxime groups is 1. The first-order chi connectivity index (χ1) is 7.33. The third-order valence-electron chi connectivity index (χ3n) is 1.44. The number of carbonyl (C=O) groups is 1. The number of hydrogen-bond donors (Lipinski definition) is 0. The number of pyridine rings is 1. The predicted molar refractivity (Wildman–Crippen MR) is 54.4 cm³/mol. The monoisotopic (exact) mass is 208 g/mol. The van der Waals surface area contributed by atoms with Gasteiger partial charge in [-0.3, -0.25) is 4.98 Å². The molecule has 1 aromatic heterocycles. The Balaban J connectivity index is 2.26. The number of esters is 1. The van der Waals surface area contributed by atoms with Gasteiger partial charge in [0.1, 0.15) is 0 Å². The van der Waals surface area contributed by atoms with Crippen molar-refractivity contribution in [2.24, 2.45) is 5.16 Å². The lowest BCUT2D eigenvalue weighted by molar-refractivity contribution is -0.148. The molecule has 0 aliphatic heterocycles. The molecule has 1 heterocycles. The number of hydrogen-bond acceptors (Lipinski definition) is 5. The topological polar surface area (TPSA) is 60.8 Å². The average Bonchev–Trinajstić information content (AvgIpc) is 2.26. The van der Waals surface area contributed by atoms with Gasteiger partial charge in [0.25, 0.3) is 0 Å². The Morgan fingerprint density at radius 1 is 1.60 bits per heavy atom. The van der Waals surface area contributed by atoms with Crippen LogP contribution in [-0.2, 0) is 14.4 Å². The van der Waals surface area contributed by atoms with E-state index in [0.717, 1.165) is 0 Å². The third-order valence-corrected chi connectivity index (χ3v) is 1.44. The van der Waals surface area contributed by atoms with Crippen molar-refractivity contribution in [3.05, 3.63) is 30.1 Å². The van der Waals surface area contributed by atoms with Crippen molar-refractivity contribution in [2.75, 3.05) is 13.2 Å². The van der Waals surface area contributed by atoms with E-state index in [1.54, 1.807) is 25.3 Å². The Kier molecular flexibility index (Phi) is 4.86. The van der Waals surface area contributed by atoms with E-state index in [0.29, 0.717) is 12.3 Å². The molecule has 0 amide bonds. The maximum Gasteiger partial charge on any atom is 0.347 e. The van der Waals surface area contributed by atoms with Gasteiger partial charge < -0.3 is 9.57 Å². The highest BCUT2D eigenvalue weighted by molar-refractivity contribution is 5.76. The molecule has 1 aromatic rings. The number of ether oxygens (including phenoxy) is 1. The van der Waals surface area contributed by atoms with E-state index in [1.165, 1.54) is 6.21 Å². The number of rotatable bonds is 5. The van der Waals surface area contributed by atoms with Crippen LogP contribution < -0.4 is 0 Å². The van der Waals surface area contributed by atoms with Crippen LogP contribution in [0.5, 0.6) is 0 Å². The minimum atomic E-state index is -0.435. The summed E-state index contributed by atoms with van der Waals surface area (Å²) in [7, 11) is 0. The highest BCUT2D eigenvalue weighted by atomic mass is 16.6. The molecule has 0 atom stereocenters. The molecule has 5 nitrogen and oxygen atoms in total. The van der Waals surface area contributed by atoms with Crippen LogP contribution in [0.4, 0.5) is 0 Å². The molecule has 0 saturated heterocycles. The Morgan fingerprint density at radius 2 is 2.47 bits per heavy atom. The first-order valence-electron chi connectivity index (χ1n) is 4.55. The zero-order valence-electron chi connectivity index (χ0n) is 8.42. The lowest BCUT2D eigenvalue weighted by atomic mass is 10.4. The second kappa shape index (κ2) is 6.53. The van der Waals surface area contributed by atoms with Gasteiger partial charge in [0, 0.05) is 6.20 Å². The second-order valence-corrected chi connectivity index (χ2v) is 2.57. The van der Waals surface area contributed by atoms with Crippen molar-refractivity contribution in [1.29, 1.82) is 0 Å². The summed E-state index contributed by atoms with van der Waals surface area (Å²) in [4.78, 5) is 19.5. The minimum absolute atomic E-state index is 0.183. The number of nitrogens with zero attached hydrogens (tertiary/aromatic N) is 2. The third kappa shape index (κ3) is 4.75. The first kappa shape index (κ1) is 11.2. The molecule has 0 fully saturated rings. The van der Waals surface area contributed by atoms with E-state index in [-0.39, 0.29) is 6.61 Å². The van der Waals surface area contributed by atoms with Crippen LogP contribution in [0.1, 0.15) is 12.6 Å². The maximum atomic E-state index is 10.8. The Morgan fingerprint density at radius 3 is 3.13 bits per heavy atom. The van der Waals surface area contributed by atoms with Crippen molar-refractivity contribution in [3.63, 3.8) is 0 Å². The van der Waals surface area contributed by atoms with Crippen molar-refractivity contribution in [2.45, 2.75) is 6.92 Å². The summed E-state index contributed by atoms with van der Waals surface area (Å²) in [5.74, 6) is -0.435. The van der Waals surface area contributed by atoms with Crippen molar-refractivity contribution in [1.82, 2.24) is 4.98 Å². The summed E-state index contributed by atoms with van der Waals surface area (Å²) in [5.41, 5.74) is 0.668.